The van der Waals surface area contributed by atoms with Crippen LogP contribution in [0.1, 0.15) is 56.6 Å². The van der Waals surface area contributed by atoms with Crippen LogP contribution >= 0.6 is 0 Å². The Kier molecular flexibility index (Phi) is 5.35. The molecule has 1 unspecified atom stereocenters. The maximum Gasteiger partial charge on any atom is 0.329 e. The zero-order chi connectivity index (χ0) is 16.2. The van der Waals surface area contributed by atoms with Crippen molar-refractivity contribution >= 4 is 12.3 Å². The van der Waals surface area contributed by atoms with Gasteiger partial charge in [0.25, 0.3) is 0 Å². The Morgan fingerprint density at radius 2 is 1.91 bits per heavy atom. The fourth-order valence-corrected chi connectivity index (χ4v) is 3.52. The molecule has 1 saturated heterocycles. The predicted octanol–water partition coefficient (Wildman–Crippen LogP) is 3.16. The molecule has 0 spiro atoms. The molecule has 1 N–H and O–H groups in total. The van der Waals surface area contributed by atoms with Crippen LogP contribution in [0.15, 0.2) is 24.3 Å². The molecule has 22 heavy (non-hydrogen) atoms. The van der Waals surface area contributed by atoms with Crippen molar-refractivity contribution in [1.82, 2.24) is 4.90 Å². The average molecular weight is 303 g/mol. The molecule has 1 atom stereocenters. The lowest BCUT2D eigenvalue weighted by Gasteiger charge is -2.43. The van der Waals surface area contributed by atoms with Crippen LogP contribution in [0, 0.1) is 0 Å². The summed E-state index contributed by atoms with van der Waals surface area (Å²) in [5.74, 6) is -0.707. The standard InChI is InChI=1S/C18H25NO3/c1-14(2)15-8-4-5-9-16(15)18(10-13-20,17(21)22)19-11-6-3-7-12-19/h4-5,8-9,13-14H,3,6-7,10-12H2,1-2H3,(H,21,22). The molecule has 1 aromatic carbocycles. The van der Waals surface area contributed by atoms with Gasteiger partial charge in [0, 0.05) is 6.42 Å². The van der Waals surface area contributed by atoms with Crippen LogP contribution in [-0.4, -0.2) is 35.4 Å². The fraction of sp³-hybridized carbons (Fsp3) is 0.556. The van der Waals surface area contributed by atoms with Gasteiger partial charge in [-0.15, -0.1) is 0 Å². The number of carbonyl (C=O) groups excluding carboxylic acids is 1. The maximum atomic E-state index is 12.3. The molecule has 4 nitrogen and oxygen atoms in total. The number of carbonyl (C=O) groups is 2. The molecule has 1 aliphatic rings. The van der Waals surface area contributed by atoms with Crippen molar-refractivity contribution in [2.45, 2.75) is 51.0 Å². The highest BCUT2D eigenvalue weighted by Crippen LogP contribution is 2.38. The summed E-state index contributed by atoms with van der Waals surface area (Å²) >= 11 is 0. The van der Waals surface area contributed by atoms with E-state index in [1.807, 2.05) is 29.2 Å². The molecular weight excluding hydrogens is 278 g/mol. The lowest BCUT2D eigenvalue weighted by Crippen LogP contribution is -2.54. The Balaban J connectivity index is 2.61. The molecule has 0 saturated carbocycles. The predicted molar refractivity (Wildman–Crippen MR) is 85.9 cm³/mol. The van der Waals surface area contributed by atoms with Gasteiger partial charge < -0.3 is 9.90 Å². The first-order chi connectivity index (χ1) is 10.5. The minimum absolute atomic E-state index is 0.00787. The van der Waals surface area contributed by atoms with Gasteiger partial charge in [-0.05, 0) is 43.0 Å². The highest BCUT2D eigenvalue weighted by Gasteiger charge is 2.47. The first-order valence-electron chi connectivity index (χ1n) is 8.05. The molecule has 0 bridgehead atoms. The quantitative estimate of drug-likeness (QED) is 0.820. The summed E-state index contributed by atoms with van der Waals surface area (Å²) in [4.78, 5) is 25.6. The third-order valence-electron chi connectivity index (χ3n) is 4.66. The average Bonchev–Trinajstić information content (AvgIpc) is 2.53. The number of piperidine rings is 1. The first kappa shape index (κ1) is 16.7. The summed E-state index contributed by atoms with van der Waals surface area (Å²) in [7, 11) is 0. The number of aldehydes is 1. The highest BCUT2D eigenvalue weighted by atomic mass is 16.4. The number of hydrogen-bond donors (Lipinski definition) is 1. The Bertz CT molecular complexity index is 535. The second kappa shape index (κ2) is 7.05. The summed E-state index contributed by atoms with van der Waals surface area (Å²) < 4.78 is 0. The molecule has 1 aromatic rings. The van der Waals surface area contributed by atoms with Gasteiger partial charge in [-0.3, -0.25) is 4.90 Å². The van der Waals surface area contributed by atoms with Crippen LogP contribution in [-0.2, 0) is 15.1 Å². The first-order valence-corrected chi connectivity index (χ1v) is 8.05. The SMILES string of the molecule is CC(C)c1ccccc1C(CC=O)(C(=O)O)N1CCCCC1. The molecule has 0 amide bonds. The number of benzene rings is 1. The van der Waals surface area contributed by atoms with Gasteiger partial charge in [0.1, 0.15) is 6.29 Å². The van der Waals surface area contributed by atoms with E-state index >= 15 is 0 Å². The van der Waals surface area contributed by atoms with Gasteiger partial charge in [0.05, 0.1) is 0 Å². The molecule has 2 rings (SSSR count). The van der Waals surface area contributed by atoms with E-state index in [0.717, 1.165) is 49.8 Å². The Morgan fingerprint density at radius 3 is 2.45 bits per heavy atom. The molecule has 1 aliphatic heterocycles. The summed E-state index contributed by atoms with van der Waals surface area (Å²) in [5.41, 5.74) is 0.548. The minimum Gasteiger partial charge on any atom is -0.480 e. The van der Waals surface area contributed by atoms with Crippen LogP contribution in [0.3, 0.4) is 0 Å². The van der Waals surface area contributed by atoms with E-state index in [9.17, 15) is 14.7 Å². The molecule has 1 heterocycles. The van der Waals surface area contributed by atoms with Gasteiger partial charge in [-0.25, -0.2) is 4.79 Å². The summed E-state index contributed by atoms with van der Waals surface area (Å²) in [6.45, 7) is 5.57. The highest BCUT2D eigenvalue weighted by molar-refractivity contribution is 5.84. The van der Waals surface area contributed by atoms with E-state index in [1.54, 1.807) is 0 Å². The molecule has 120 valence electrons. The number of aliphatic carboxylic acids is 1. The van der Waals surface area contributed by atoms with E-state index in [2.05, 4.69) is 13.8 Å². The number of hydrogen-bond acceptors (Lipinski definition) is 3. The molecule has 0 aliphatic carbocycles. The Labute approximate surface area is 132 Å². The van der Waals surface area contributed by atoms with Crippen LogP contribution in [0.4, 0.5) is 0 Å². The summed E-state index contributed by atoms with van der Waals surface area (Å²) in [6, 6.07) is 7.66. The molecule has 0 aromatic heterocycles. The Hall–Kier alpha value is -1.68. The van der Waals surface area contributed by atoms with Gasteiger partial charge in [0.15, 0.2) is 5.54 Å². The van der Waals surface area contributed by atoms with E-state index in [-0.39, 0.29) is 12.3 Å². The van der Waals surface area contributed by atoms with Crippen molar-refractivity contribution in [2.75, 3.05) is 13.1 Å². The summed E-state index contributed by atoms with van der Waals surface area (Å²) in [5, 5.41) is 10.1. The zero-order valence-electron chi connectivity index (χ0n) is 13.4. The van der Waals surface area contributed by atoms with Crippen molar-refractivity contribution in [3.8, 4) is 0 Å². The summed E-state index contributed by atoms with van der Waals surface area (Å²) in [6.07, 6.45) is 3.83. The number of rotatable bonds is 6. The van der Waals surface area contributed by atoms with Gasteiger partial charge in [0.2, 0.25) is 0 Å². The van der Waals surface area contributed by atoms with Crippen LogP contribution < -0.4 is 0 Å². The van der Waals surface area contributed by atoms with Crippen LogP contribution in [0.25, 0.3) is 0 Å². The maximum absolute atomic E-state index is 12.3. The van der Waals surface area contributed by atoms with E-state index < -0.39 is 11.5 Å². The van der Waals surface area contributed by atoms with Crippen molar-refractivity contribution < 1.29 is 14.7 Å². The third-order valence-corrected chi connectivity index (χ3v) is 4.66. The van der Waals surface area contributed by atoms with Crippen LogP contribution in [0.5, 0.6) is 0 Å². The molecule has 0 radical (unpaired) electrons. The largest absolute Gasteiger partial charge is 0.480 e. The van der Waals surface area contributed by atoms with Gasteiger partial charge >= 0.3 is 5.97 Å². The second-order valence-corrected chi connectivity index (χ2v) is 6.33. The lowest BCUT2D eigenvalue weighted by atomic mass is 9.79. The second-order valence-electron chi connectivity index (χ2n) is 6.33. The molecule has 1 fully saturated rings. The third kappa shape index (κ3) is 2.93. The fourth-order valence-electron chi connectivity index (χ4n) is 3.52. The number of carboxylic acid groups (broad SMARTS) is 1. The van der Waals surface area contributed by atoms with Crippen molar-refractivity contribution in [2.24, 2.45) is 0 Å². The van der Waals surface area contributed by atoms with Gasteiger partial charge in [-0.1, -0.05) is 44.5 Å². The zero-order valence-corrected chi connectivity index (χ0v) is 13.4. The number of likely N-dealkylation sites (tertiary alicyclic amines) is 1. The molecule has 4 heteroatoms. The van der Waals surface area contributed by atoms with E-state index in [0.29, 0.717) is 0 Å². The van der Waals surface area contributed by atoms with Gasteiger partial charge in [-0.2, -0.15) is 0 Å². The lowest BCUT2D eigenvalue weighted by molar-refractivity contribution is -0.155. The van der Waals surface area contributed by atoms with Crippen molar-refractivity contribution in [1.29, 1.82) is 0 Å². The number of carboxylic acids is 1. The minimum atomic E-state index is -1.23. The van der Waals surface area contributed by atoms with Crippen molar-refractivity contribution in [3.63, 3.8) is 0 Å². The van der Waals surface area contributed by atoms with Crippen molar-refractivity contribution in [3.05, 3.63) is 35.4 Å². The van der Waals surface area contributed by atoms with E-state index in [1.165, 1.54) is 0 Å². The number of nitrogens with zero attached hydrogens (tertiary/aromatic N) is 1. The Morgan fingerprint density at radius 1 is 1.27 bits per heavy atom. The topological polar surface area (TPSA) is 57.6 Å². The smallest absolute Gasteiger partial charge is 0.329 e. The van der Waals surface area contributed by atoms with E-state index in [4.69, 9.17) is 0 Å². The van der Waals surface area contributed by atoms with Crippen LogP contribution in [0.2, 0.25) is 0 Å². The normalized spacial score (nSPS) is 18.9. The molecular formula is C18H25NO3. The monoisotopic (exact) mass is 303 g/mol.